The van der Waals surface area contributed by atoms with Gasteiger partial charge in [0.1, 0.15) is 0 Å². The van der Waals surface area contributed by atoms with Crippen LogP contribution in [0.4, 0.5) is 11.4 Å². The lowest BCUT2D eigenvalue weighted by Crippen LogP contribution is -1.90. The molecule has 5 aromatic rings. The van der Waals surface area contributed by atoms with Gasteiger partial charge in [-0.2, -0.15) is 0 Å². The number of hydrogen-bond acceptors (Lipinski definition) is 1. The van der Waals surface area contributed by atoms with E-state index in [2.05, 4.69) is 146 Å². The van der Waals surface area contributed by atoms with Crippen LogP contribution in [0.25, 0.3) is 27.8 Å². The smallest absolute Gasteiger partial charge is 0.0384 e. The van der Waals surface area contributed by atoms with Crippen molar-refractivity contribution in [3.8, 4) is 11.1 Å². The van der Waals surface area contributed by atoms with Gasteiger partial charge in [0.2, 0.25) is 0 Å². The predicted octanol–water partition coefficient (Wildman–Crippen LogP) is 10.3. The van der Waals surface area contributed by atoms with Crippen LogP contribution >= 0.6 is 0 Å². The highest BCUT2D eigenvalue weighted by Gasteiger charge is 2.08. The van der Waals surface area contributed by atoms with Crippen LogP contribution in [0, 0.1) is 0 Å². The Morgan fingerprint density at radius 1 is 0.526 bits per heavy atom. The Kier molecular flexibility index (Phi) is 7.77. The number of anilines is 2. The molecule has 184 valence electrons. The molecule has 38 heavy (non-hydrogen) atoms. The molecule has 0 spiro atoms. The molecule has 1 N–H and O–H groups in total. The third-order valence-electron chi connectivity index (χ3n) is 6.71. The van der Waals surface area contributed by atoms with Gasteiger partial charge in [0.25, 0.3) is 0 Å². The SMILES string of the molecule is C=C/C(=C\C(=C(/C)c1ccccc1)c1ccccc1)c1ccc(-c2ccc(Nc3ccccc3)cc2)cc1. The zero-order valence-electron chi connectivity index (χ0n) is 21.6. The summed E-state index contributed by atoms with van der Waals surface area (Å²) in [5.74, 6) is 0. The lowest BCUT2D eigenvalue weighted by molar-refractivity contribution is 1.53. The van der Waals surface area contributed by atoms with E-state index in [-0.39, 0.29) is 0 Å². The summed E-state index contributed by atoms with van der Waals surface area (Å²) in [6, 6.07) is 48.6. The second kappa shape index (κ2) is 11.9. The Hall–Kier alpha value is -4.88. The van der Waals surface area contributed by atoms with E-state index in [1.165, 1.54) is 33.4 Å². The van der Waals surface area contributed by atoms with Crippen molar-refractivity contribution >= 4 is 28.1 Å². The molecular formula is C37H31N. The molecule has 0 aliphatic carbocycles. The Morgan fingerprint density at radius 3 is 1.55 bits per heavy atom. The van der Waals surface area contributed by atoms with Crippen LogP contribution in [0.15, 0.2) is 158 Å². The highest BCUT2D eigenvalue weighted by Crippen LogP contribution is 2.31. The fraction of sp³-hybridized carbons (Fsp3) is 0.0270. The van der Waals surface area contributed by atoms with Crippen molar-refractivity contribution in [3.63, 3.8) is 0 Å². The topological polar surface area (TPSA) is 12.0 Å². The fourth-order valence-electron chi connectivity index (χ4n) is 4.57. The number of para-hydroxylation sites is 1. The van der Waals surface area contributed by atoms with Gasteiger partial charge >= 0.3 is 0 Å². The summed E-state index contributed by atoms with van der Waals surface area (Å²) in [5.41, 5.74) is 11.6. The quantitative estimate of drug-likeness (QED) is 0.169. The fourth-order valence-corrected chi connectivity index (χ4v) is 4.57. The van der Waals surface area contributed by atoms with Gasteiger partial charge in [-0.1, -0.05) is 128 Å². The van der Waals surface area contributed by atoms with E-state index in [9.17, 15) is 0 Å². The van der Waals surface area contributed by atoms with Gasteiger partial charge in [0, 0.05) is 11.4 Å². The standard InChI is InChI=1S/C37H31N/c1-3-29(27-37(34-15-9-5-10-16-34)28(2)30-13-7-4-8-14-30)31-19-21-32(22-20-31)33-23-25-36(26-24-33)38-35-17-11-6-12-18-35/h3-27,38H,1H2,2H3/b29-27+,37-28-. The van der Waals surface area contributed by atoms with Gasteiger partial charge in [0.05, 0.1) is 0 Å². The van der Waals surface area contributed by atoms with Gasteiger partial charge in [-0.15, -0.1) is 0 Å². The lowest BCUT2D eigenvalue weighted by Gasteiger charge is -2.13. The average Bonchev–Trinajstić information content (AvgIpc) is 2.99. The van der Waals surface area contributed by atoms with E-state index in [1.54, 1.807) is 0 Å². The van der Waals surface area contributed by atoms with Gasteiger partial charge in [0.15, 0.2) is 0 Å². The molecule has 0 bridgehead atoms. The molecule has 0 fully saturated rings. The van der Waals surface area contributed by atoms with E-state index in [4.69, 9.17) is 0 Å². The maximum atomic E-state index is 4.14. The number of allylic oxidation sites excluding steroid dienone is 5. The maximum absolute atomic E-state index is 4.14. The molecule has 0 aromatic heterocycles. The summed E-state index contributed by atoms with van der Waals surface area (Å²) >= 11 is 0. The molecule has 0 amide bonds. The Balaban J connectivity index is 1.43. The first-order chi connectivity index (χ1) is 18.7. The summed E-state index contributed by atoms with van der Waals surface area (Å²) in [7, 11) is 0. The number of rotatable bonds is 8. The molecule has 0 heterocycles. The van der Waals surface area contributed by atoms with Gasteiger partial charge in [-0.3, -0.25) is 0 Å². The highest BCUT2D eigenvalue weighted by molar-refractivity contribution is 5.99. The minimum atomic E-state index is 1.07. The molecule has 0 saturated heterocycles. The molecule has 0 radical (unpaired) electrons. The first-order valence-electron chi connectivity index (χ1n) is 12.9. The van der Waals surface area contributed by atoms with Crippen LogP contribution in [0.1, 0.15) is 23.6 Å². The molecule has 1 heteroatoms. The van der Waals surface area contributed by atoms with Crippen molar-refractivity contribution < 1.29 is 0 Å². The maximum Gasteiger partial charge on any atom is 0.0384 e. The van der Waals surface area contributed by atoms with Gasteiger partial charge < -0.3 is 5.32 Å². The predicted molar refractivity (Wildman–Crippen MR) is 165 cm³/mol. The van der Waals surface area contributed by atoms with E-state index >= 15 is 0 Å². The van der Waals surface area contributed by atoms with Crippen molar-refractivity contribution in [2.75, 3.05) is 5.32 Å². The van der Waals surface area contributed by atoms with E-state index in [0.29, 0.717) is 0 Å². The Bertz CT molecular complexity index is 1540. The first-order valence-corrected chi connectivity index (χ1v) is 12.9. The molecule has 5 rings (SSSR count). The van der Waals surface area contributed by atoms with Crippen molar-refractivity contribution in [3.05, 3.63) is 175 Å². The van der Waals surface area contributed by atoms with Crippen LogP contribution in [-0.2, 0) is 0 Å². The van der Waals surface area contributed by atoms with Crippen LogP contribution < -0.4 is 5.32 Å². The number of nitrogens with one attached hydrogen (secondary N) is 1. The van der Waals surface area contributed by atoms with Crippen molar-refractivity contribution in [2.24, 2.45) is 0 Å². The van der Waals surface area contributed by atoms with Gasteiger partial charge in [-0.25, -0.2) is 0 Å². The average molecular weight is 490 g/mol. The molecule has 0 saturated carbocycles. The number of hydrogen-bond donors (Lipinski definition) is 1. The first kappa shape index (κ1) is 24.8. The third-order valence-corrected chi connectivity index (χ3v) is 6.71. The zero-order valence-corrected chi connectivity index (χ0v) is 21.6. The molecule has 0 atom stereocenters. The monoisotopic (exact) mass is 489 g/mol. The normalized spacial score (nSPS) is 12.0. The van der Waals surface area contributed by atoms with Crippen LogP contribution in [0.5, 0.6) is 0 Å². The van der Waals surface area contributed by atoms with Crippen molar-refractivity contribution in [2.45, 2.75) is 6.92 Å². The van der Waals surface area contributed by atoms with Crippen LogP contribution in [-0.4, -0.2) is 0 Å². The second-order valence-corrected chi connectivity index (χ2v) is 9.22. The van der Waals surface area contributed by atoms with Crippen LogP contribution in [0.3, 0.4) is 0 Å². The third kappa shape index (κ3) is 5.91. The largest absolute Gasteiger partial charge is 0.356 e. The van der Waals surface area contributed by atoms with Crippen molar-refractivity contribution in [1.82, 2.24) is 0 Å². The molecular weight excluding hydrogens is 458 g/mol. The zero-order chi connectivity index (χ0) is 26.2. The summed E-state index contributed by atoms with van der Waals surface area (Å²) in [4.78, 5) is 0. The van der Waals surface area contributed by atoms with Crippen LogP contribution in [0.2, 0.25) is 0 Å². The molecule has 0 aliphatic rings. The molecule has 5 aromatic carbocycles. The molecule has 1 nitrogen and oxygen atoms in total. The second-order valence-electron chi connectivity index (χ2n) is 9.22. The summed E-state index contributed by atoms with van der Waals surface area (Å²) in [5, 5.41) is 3.44. The van der Waals surface area contributed by atoms with E-state index in [1.807, 2.05) is 24.3 Å². The summed E-state index contributed by atoms with van der Waals surface area (Å²) in [6.07, 6.45) is 4.20. The highest BCUT2D eigenvalue weighted by atomic mass is 14.9. The molecule has 0 aliphatic heterocycles. The number of benzene rings is 5. The lowest BCUT2D eigenvalue weighted by atomic mass is 9.92. The Labute approximate surface area is 226 Å². The Morgan fingerprint density at radius 2 is 1.00 bits per heavy atom. The minimum Gasteiger partial charge on any atom is -0.356 e. The van der Waals surface area contributed by atoms with Gasteiger partial charge in [-0.05, 0) is 81.8 Å². The minimum absolute atomic E-state index is 1.07. The molecule has 0 unspecified atom stereocenters. The van der Waals surface area contributed by atoms with E-state index < -0.39 is 0 Å². The van der Waals surface area contributed by atoms with E-state index in [0.717, 1.165) is 22.5 Å². The van der Waals surface area contributed by atoms with Crippen molar-refractivity contribution in [1.29, 1.82) is 0 Å². The summed E-state index contributed by atoms with van der Waals surface area (Å²) < 4.78 is 0. The summed E-state index contributed by atoms with van der Waals surface area (Å²) in [6.45, 7) is 6.33.